The maximum Gasteiger partial charge on any atom is 0.345 e. The molecule has 10 rings (SSSR count). The summed E-state index contributed by atoms with van der Waals surface area (Å²) in [5.41, 5.74) is 4.85. The highest BCUT2D eigenvalue weighted by atomic mass is 35.5. The van der Waals surface area contributed by atoms with Gasteiger partial charge < -0.3 is 33.7 Å². The van der Waals surface area contributed by atoms with Crippen molar-refractivity contribution in [3.63, 3.8) is 0 Å². The van der Waals surface area contributed by atoms with E-state index >= 15 is 0 Å². The molecule has 1 N–H and O–H groups in total. The number of para-hydroxylation sites is 1. The van der Waals surface area contributed by atoms with Gasteiger partial charge in [-0.2, -0.15) is 4.57 Å². The van der Waals surface area contributed by atoms with Gasteiger partial charge in [0.15, 0.2) is 17.8 Å². The first-order valence-electron chi connectivity index (χ1n) is 21.7. The van der Waals surface area contributed by atoms with Crippen LogP contribution >= 0.6 is 34.8 Å². The number of likely N-dealkylation sites (N-methyl/N-ethyl adjacent to an activating group) is 1. The molecular weight excluding hydrogens is 922 g/mol. The lowest BCUT2D eigenvalue weighted by molar-refractivity contribution is -0.688. The minimum atomic E-state index is -1.50. The SMILES string of the molecule is COc1ccccc1-c1nccc(COc2ccc3cc2C[C@H](C(=O)O)Oc2ncc[n+]4c2C(=C(c2ccc(F)cc2)C4Cl)c2c(C)c(Cl)c(c(Cl)c2C)O[C@H](CN2CCN(C)CC2)CO3)n1. The quantitative estimate of drug-likeness (QED) is 0.110. The molecule has 67 heavy (non-hydrogen) atoms. The number of alkyl halides is 1. The van der Waals surface area contributed by atoms with E-state index in [9.17, 15) is 14.3 Å². The van der Waals surface area contributed by atoms with Crippen molar-refractivity contribution < 1.29 is 42.5 Å². The summed E-state index contributed by atoms with van der Waals surface area (Å²) in [6.07, 6.45) is 2.59. The number of carboxylic acids is 1. The van der Waals surface area contributed by atoms with Crippen molar-refractivity contribution in [2.24, 2.45) is 0 Å². The predicted octanol–water partition coefficient (Wildman–Crippen LogP) is 8.65. The van der Waals surface area contributed by atoms with E-state index in [1.54, 1.807) is 60.5 Å². The number of carboxylic acid groups (broad SMARTS) is 1. The lowest BCUT2D eigenvalue weighted by atomic mass is 9.88. The van der Waals surface area contributed by atoms with Crippen molar-refractivity contribution >= 4 is 51.9 Å². The van der Waals surface area contributed by atoms with Gasteiger partial charge >= 0.3 is 5.97 Å². The fourth-order valence-electron chi connectivity index (χ4n) is 8.74. The van der Waals surface area contributed by atoms with Gasteiger partial charge in [0, 0.05) is 50.9 Å². The van der Waals surface area contributed by atoms with Crippen molar-refractivity contribution in [1.82, 2.24) is 24.8 Å². The van der Waals surface area contributed by atoms with Gasteiger partial charge in [-0.3, -0.25) is 4.90 Å². The van der Waals surface area contributed by atoms with E-state index in [0.717, 1.165) is 31.7 Å². The van der Waals surface area contributed by atoms with Crippen LogP contribution in [0.5, 0.6) is 28.9 Å². The number of fused-ring (bicyclic) bond motifs is 7. The Hall–Kier alpha value is -6.03. The second-order valence-electron chi connectivity index (χ2n) is 16.6. The third-order valence-electron chi connectivity index (χ3n) is 12.3. The molecule has 0 radical (unpaired) electrons. The zero-order valence-electron chi connectivity index (χ0n) is 37.1. The standard InChI is InChI=1S/C50H46Cl3FN6O7/c1-28-40-29(2)44(52)46(43(28)51)66-35(25-59-21-19-58(3)20-22-59)27-64-34-13-14-37(65-26-33-15-16-55-48(57-33)36-7-5-6-8-38(36)63-4)31(23-34)24-39(50(61)62)67-49-45-42(40)41(30-9-11-32(54)12-10-30)47(53)60(45)18-17-56-49/h5-18,23,35,39,47H,19-22,24-27H2,1-4H3/p+1/t35-,39-,47?/m1/s1. The Balaban J connectivity index is 1.17. The van der Waals surface area contributed by atoms with Crippen LogP contribution in [0.15, 0.2) is 91.4 Å². The number of aromatic nitrogens is 4. The van der Waals surface area contributed by atoms with Crippen LogP contribution < -0.4 is 28.3 Å². The van der Waals surface area contributed by atoms with Crippen LogP contribution in [-0.4, -0.2) is 102 Å². The molecule has 4 bridgehead atoms. The number of carbonyl (C=O) groups is 1. The molecule has 6 heterocycles. The van der Waals surface area contributed by atoms with Gasteiger partial charge in [0.25, 0.3) is 17.1 Å². The van der Waals surface area contributed by atoms with E-state index in [1.165, 1.54) is 18.3 Å². The van der Waals surface area contributed by atoms with Crippen LogP contribution in [0.4, 0.5) is 4.39 Å². The summed E-state index contributed by atoms with van der Waals surface area (Å²) in [6, 6.07) is 20.4. The Labute approximate surface area is 402 Å². The first kappa shape index (κ1) is 46.1. The predicted molar refractivity (Wildman–Crippen MR) is 252 cm³/mol. The van der Waals surface area contributed by atoms with Gasteiger partial charge in [0.1, 0.15) is 42.4 Å². The summed E-state index contributed by atoms with van der Waals surface area (Å²) in [5.74, 6) is 0.492. The van der Waals surface area contributed by atoms with Crippen LogP contribution in [0.3, 0.4) is 0 Å². The van der Waals surface area contributed by atoms with Crippen LogP contribution in [0.2, 0.25) is 10.0 Å². The number of allylic oxidation sites excluding steroid dienone is 1. The average Bonchev–Trinajstić information content (AvgIpc) is 3.63. The summed E-state index contributed by atoms with van der Waals surface area (Å²) in [6.45, 7) is 7.76. The van der Waals surface area contributed by atoms with Gasteiger partial charge in [-0.1, -0.05) is 47.5 Å². The molecule has 0 spiro atoms. The van der Waals surface area contributed by atoms with Gasteiger partial charge in [0.2, 0.25) is 6.10 Å². The van der Waals surface area contributed by atoms with Crippen LogP contribution in [0.1, 0.15) is 44.7 Å². The number of rotatable bonds is 9. The molecule has 0 aliphatic carbocycles. The number of ether oxygens (including phenoxy) is 5. The number of aliphatic carboxylic acids is 1. The highest BCUT2D eigenvalue weighted by Gasteiger charge is 2.45. The molecule has 346 valence electrons. The second kappa shape index (κ2) is 19.7. The Morgan fingerprint density at radius 3 is 2.42 bits per heavy atom. The normalized spacial score (nSPS) is 18.7. The third-order valence-corrected chi connectivity index (χ3v) is 13.6. The molecule has 3 atom stereocenters. The minimum Gasteiger partial charge on any atom is -0.496 e. The Morgan fingerprint density at radius 1 is 0.940 bits per heavy atom. The molecule has 13 nitrogen and oxygen atoms in total. The first-order valence-corrected chi connectivity index (χ1v) is 22.9. The van der Waals surface area contributed by atoms with E-state index in [0.29, 0.717) is 85.7 Å². The molecule has 0 amide bonds. The second-order valence-corrected chi connectivity index (χ2v) is 17.8. The topological polar surface area (TPSA) is 132 Å². The smallest absolute Gasteiger partial charge is 0.345 e. The van der Waals surface area contributed by atoms with Crippen molar-refractivity contribution in [1.29, 1.82) is 0 Å². The molecular formula is C50H47Cl3FN6O7+. The highest BCUT2D eigenvalue weighted by Crippen LogP contribution is 2.51. The summed E-state index contributed by atoms with van der Waals surface area (Å²) in [4.78, 5) is 31.8. The lowest BCUT2D eigenvalue weighted by Crippen LogP contribution is -2.49. The Kier molecular flexibility index (Phi) is 13.5. The minimum absolute atomic E-state index is 0.0182. The van der Waals surface area contributed by atoms with Crippen LogP contribution in [0, 0.1) is 19.7 Å². The number of halogens is 4. The van der Waals surface area contributed by atoms with Crippen LogP contribution in [0.25, 0.3) is 22.5 Å². The third kappa shape index (κ3) is 9.46. The number of hydrogen-bond acceptors (Lipinski definition) is 11. The maximum atomic E-state index is 14.4. The van der Waals surface area contributed by atoms with E-state index in [2.05, 4.69) is 26.8 Å². The van der Waals surface area contributed by atoms with E-state index in [-0.39, 0.29) is 35.6 Å². The van der Waals surface area contributed by atoms with Crippen molar-refractivity contribution in [2.45, 2.75) is 44.6 Å². The number of methoxy groups -OCH3 is 1. The van der Waals surface area contributed by atoms with Crippen molar-refractivity contribution in [3.8, 4) is 40.3 Å². The zero-order chi connectivity index (χ0) is 46.9. The van der Waals surface area contributed by atoms with E-state index in [4.69, 9.17) is 63.5 Å². The van der Waals surface area contributed by atoms with E-state index in [1.807, 2.05) is 38.1 Å². The first-order chi connectivity index (χ1) is 32.4. The molecule has 4 aliphatic rings. The van der Waals surface area contributed by atoms with Gasteiger partial charge in [-0.25, -0.2) is 24.1 Å². The molecule has 1 saturated heterocycles. The molecule has 1 unspecified atom stereocenters. The molecule has 2 aromatic heterocycles. The fraction of sp³-hybridized carbons (Fsp3) is 0.300. The Morgan fingerprint density at radius 2 is 1.69 bits per heavy atom. The monoisotopic (exact) mass is 967 g/mol. The van der Waals surface area contributed by atoms with E-state index < -0.39 is 29.5 Å². The number of nitrogens with zero attached hydrogens (tertiary/aromatic N) is 6. The molecule has 0 saturated carbocycles. The fourth-order valence-corrected chi connectivity index (χ4v) is 9.65. The largest absolute Gasteiger partial charge is 0.496 e. The summed E-state index contributed by atoms with van der Waals surface area (Å²) in [7, 11) is 3.68. The number of hydrogen-bond donors (Lipinski definition) is 1. The summed E-state index contributed by atoms with van der Waals surface area (Å²) < 4.78 is 48.0. The number of piperazine rings is 1. The van der Waals surface area contributed by atoms with Gasteiger partial charge in [-0.05, 0) is 103 Å². The van der Waals surface area contributed by atoms with Gasteiger partial charge in [-0.15, -0.1) is 0 Å². The van der Waals surface area contributed by atoms with Crippen molar-refractivity contribution in [3.05, 3.63) is 146 Å². The zero-order valence-corrected chi connectivity index (χ0v) is 39.4. The number of benzene rings is 4. The van der Waals surface area contributed by atoms with Crippen molar-refractivity contribution in [2.75, 3.05) is 53.5 Å². The van der Waals surface area contributed by atoms with Gasteiger partial charge in [0.05, 0.1) is 45.8 Å². The lowest BCUT2D eigenvalue weighted by Gasteiger charge is -2.35. The maximum absolute atomic E-state index is 14.4. The summed E-state index contributed by atoms with van der Waals surface area (Å²) in [5, 5.41) is 11.4. The average molecular weight is 969 g/mol. The molecule has 17 heteroatoms. The molecule has 6 aromatic rings. The summed E-state index contributed by atoms with van der Waals surface area (Å²) >= 11 is 22.1. The molecule has 4 aromatic carbocycles. The highest BCUT2D eigenvalue weighted by molar-refractivity contribution is 6.39. The Bertz CT molecular complexity index is 2850. The van der Waals surface area contributed by atoms with Crippen LogP contribution in [-0.2, 0) is 17.8 Å². The molecule has 1 fully saturated rings. The molecule has 4 aliphatic heterocycles.